The number of hydrogen-bond donors (Lipinski definition) is 1. The summed E-state index contributed by atoms with van der Waals surface area (Å²) in [7, 11) is 2.02. The average Bonchev–Trinajstić information content (AvgIpc) is 2.86. The van der Waals surface area contributed by atoms with Crippen molar-refractivity contribution in [2.45, 2.75) is 71.0 Å². The lowest BCUT2D eigenvalue weighted by Crippen LogP contribution is -2.44. The first kappa shape index (κ1) is 15.9. The fraction of sp³-hybridized carbons (Fsp3) is 0.812. The Kier molecular flexibility index (Phi) is 6.00. The summed E-state index contributed by atoms with van der Waals surface area (Å²) in [6.07, 6.45) is 8.38. The van der Waals surface area contributed by atoms with E-state index in [2.05, 4.69) is 42.2 Å². The van der Waals surface area contributed by atoms with Gasteiger partial charge in [0.05, 0.1) is 5.01 Å². The number of aromatic nitrogens is 1. The van der Waals surface area contributed by atoms with Gasteiger partial charge in [-0.3, -0.25) is 4.90 Å². The summed E-state index contributed by atoms with van der Waals surface area (Å²) < 4.78 is 0. The molecule has 0 radical (unpaired) electrons. The van der Waals surface area contributed by atoms with Crippen LogP contribution in [0.5, 0.6) is 0 Å². The van der Waals surface area contributed by atoms with Gasteiger partial charge in [0, 0.05) is 35.6 Å². The van der Waals surface area contributed by atoms with Crippen LogP contribution < -0.4 is 5.32 Å². The van der Waals surface area contributed by atoms with Crippen molar-refractivity contribution in [1.82, 2.24) is 15.2 Å². The van der Waals surface area contributed by atoms with Crippen molar-refractivity contribution < 1.29 is 0 Å². The van der Waals surface area contributed by atoms with Gasteiger partial charge in [0.2, 0.25) is 0 Å². The maximum atomic E-state index is 4.66. The van der Waals surface area contributed by atoms with Gasteiger partial charge in [-0.25, -0.2) is 4.98 Å². The molecule has 2 atom stereocenters. The Balaban J connectivity index is 1.94. The summed E-state index contributed by atoms with van der Waals surface area (Å²) >= 11 is 1.91. The van der Waals surface area contributed by atoms with Crippen LogP contribution in [0.25, 0.3) is 0 Å². The van der Waals surface area contributed by atoms with Crippen molar-refractivity contribution in [3.8, 4) is 0 Å². The molecule has 1 N–H and O–H groups in total. The Morgan fingerprint density at radius 3 is 2.90 bits per heavy atom. The zero-order valence-corrected chi connectivity index (χ0v) is 14.2. The van der Waals surface area contributed by atoms with Crippen molar-refractivity contribution in [1.29, 1.82) is 0 Å². The first-order valence-corrected chi connectivity index (χ1v) is 8.78. The van der Waals surface area contributed by atoms with Crippen LogP contribution in [0.3, 0.4) is 0 Å². The number of nitrogens with one attached hydrogen (secondary N) is 1. The minimum Gasteiger partial charge on any atom is -0.317 e. The van der Waals surface area contributed by atoms with Gasteiger partial charge in [-0.05, 0) is 53.6 Å². The summed E-state index contributed by atoms with van der Waals surface area (Å²) in [4.78, 5) is 8.73. The van der Waals surface area contributed by atoms with Crippen molar-refractivity contribution in [3.05, 3.63) is 16.1 Å². The fourth-order valence-electron chi connectivity index (χ4n) is 3.06. The summed E-state index contributed by atoms with van der Waals surface area (Å²) in [6.45, 7) is 8.12. The molecule has 1 fully saturated rings. The van der Waals surface area contributed by atoms with Gasteiger partial charge in [0.25, 0.3) is 0 Å². The van der Waals surface area contributed by atoms with E-state index in [1.54, 1.807) is 0 Å². The van der Waals surface area contributed by atoms with Crippen molar-refractivity contribution in [2.75, 3.05) is 13.6 Å². The molecule has 0 saturated carbocycles. The summed E-state index contributed by atoms with van der Waals surface area (Å²) in [5.41, 5.74) is 0. The highest BCUT2D eigenvalue weighted by atomic mass is 32.1. The minimum atomic E-state index is 0.533. The van der Waals surface area contributed by atoms with Gasteiger partial charge < -0.3 is 5.32 Å². The van der Waals surface area contributed by atoms with E-state index in [0.717, 1.165) is 12.8 Å². The molecule has 20 heavy (non-hydrogen) atoms. The minimum absolute atomic E-state index is 0.533. The van der Waals surface area contributed by atoms with E-state index in [4.69, 9.17) is 0 Å². The number of thiazole rings is 1. The smallest absolute Gasteiger partial charge is 0.0943 e. The standard InChI is InChI=1S/C16H29N3S/c1-12(2)19-8-6-5-7-14(19)10-16-18-11-15(20-16)9-13(3)17-4/h11-14,17H,5-10H2,1-4H3. The van der Waals surface area contributed by atoms with Crippen LogP contribution in [-0.4, -0.2) is 41.6 Å². The number of likely N-dealkylation sites (tertiary alicyclic amines) is 1. The number of nitrogens with zero attached hydrogens (tertiary/aromatic N) is 2. The van der Waals surface area contributed by atoms with Gasteiger partial charge in [0.15, 0.2) is 0 Å². The van der Waals surface area contributed by atoms with Crippen LogP contribution >= 0.6 is 11.3 Å². The quantitative estimate of drug-likeness (QED) is 0.874. The molecule has 0 spiro atoms. The van der Waals surface area contributed by atoms with Crippen LogP contribution in [0.4, 0.5) is 0 Å². The van der Waals surface area contributed by atoms with Gasteiger partial charge in [-0.2, -0.15) is 0 Å². The zero-order chi connectivity index (χ0) is 14.5. The van der Waals surface area contributed by atoms with Gasteiger partial charge in [-0.15, -0.1) is 11.3 Å². The number of piperidine rings is 1. The molecular weight excluding hydrogens is 266 g/mol. The maximum absolute atomic E-state index is 4.66. The second kappa shape index (κ2) is 7.53. The van der Waals surface area contributed by atoms with Gasteiger partial charge in [0.1, 0.15) is 0 Å². The third kappa shape index (κ3) is 4.27. The van der Waals surface area contributed by atoms with Crippen molar-refractivity contribution in [3.63, 3.8) is 0 Å². The Hall–Kier alpha value is -0.450. The predicted molar refractivity (Wildman–Crippen MR) is 87.5 cm³/mol. The number of rotatable bonds is 6. The Bertz CT molecular complexity index is 402. The van der Waals surface area contributed by atoms with E-state index < -0.39 is 0 Å². The van der Waals surface area contributed by atoms with Gasteiger partial charge >= 0.3 is 0 Å². The molecular formula is C16H29N3S. The van der Waals surface area contributed by atoms with E-state index >= 15 is 0 Å². The van der Waals surface area contributed by atoms with E-state index in [1.807, 2.05) is 18.4 Å². The van der Waals surface area contributed by atoms with Crippen LogP contribution in [0.2, 0.25) is 0 Å². The first-order valence-electron chi connectivity index (χ1n) is 7.96. The molecule has 2 heterocycles. The molecule has 3 nitrogen and oxygen atoms in total. The molecule has 0 bridgehead atoms. The third-order valence-electron chi connectivity index (χ3n) is 4.35. The highest BCUT2D eigenvalue weighted by Crippen LogP contribution is 2.25. The van der Waals surface area contributed by atoms with E-state index in [-0.39, 0.29) is 0 Å². The Morgan fingerprint density at radius 1 is 1.40 bits per heavy atom. The van der Waals surface area contributed by atoms with E-state index in [9.17, 15) is 0 Å². The lowest BCUT2D eigenvalue weighted by atomic mass is 9.98. The number of hydrogen-bond acceptors (Lipinski definition) is 4. The number of likely N-dealkylation sites (N-methyl/N-ethyl adjacent to an activating group) is 1. The summed E-state index contributed by atoms with van der Waals surface area (Å²) in [5.74, 6) is 0. The van der Waals surface area contributed by atoms with Gasteiger partial charge in [-0.1, -0.05) is 6.42 Å². The summed E-state index contributed by atoms with van der Waals surface area (Å²) in [6, 6.07) is 1.89. The van der Waals surface area contributed by atoms with Crippen LogP contribution in [0, 0.1) is 0 Å². The topological polar surface area (TPSA) is 28.2 Å². The molecule has 2 rings (SSSR count). The van der Waals surface area contributed by atoms with Crippen LogP contribution in [-0.2, 0) is 12.8 Å². The van der Waals surface area contributed by atoms with Crippen molar-refractivity contribution in [2.24, 2.45) is 0 Å². The SMILES string of the molecule is CNC(C)Cc1cnc(CC2CCCCN2C(C)C)s1. The normalized spacial score (nSPS) is 22.4. The predicted octanol–water partition coefficient (Wildman–Crippen LogP) is 3.10. The largest absolute Gasteiger partial charge is 0.317 e. The van der Waals surface area contributed by atoms with Crippen molar-refractivity contribution >= 4 is 11.3 Å². The molecule has 114 valence electrons. The van der Waals surface area contributed by atoms with Crippen LogP contribution in [0.15, 0.2) is 6.20 Å². The Morgan fingerprint density at radius 2 is 2.20 bits per heavy atom. The second-order valence-electron chi connectivity index (χ2n) is 6.30. The molecule has 0 aromatic carbocycles. The first-order chi connectivity index (χ1) is 9.60. The van der Waals surface area contributed by atoms with Crippen LogP contribution in [0.1, 0.15) is 49.9 Å². The molecule has 0 amide bonds. The molecule has 1 aromatic heterocycles. The lowest BCUT2D eigenvalue weighted by molar-refractivity contribution is 0.111. The molecule has 1 aliphatic rings. The lowest BCUT2D eigenvalue weighted by Gasteiger charge is -2.38. The molecule has 1 saturated heterocycles. The summed E-state index contributed by atoms with van der Waals surface area (Å²) in [5, 5.41) is 4.62. The third-order valence-corrected chi connectivity index (χ3v) is 5.39. The zero-order valence-electron chi connectivity index (χ0n) is 13.4. The molecule has 1 aromatic rings. The maximum Gasteiger partial charge on any atom is 0.0943 e. The van der Waals surface area contributed by atoms with E-state index in [0.29, 0.717) is 18.1 Å². The molecule has 1 aliphatic heterocycles. The molecule has 2 unspecified atom stereocenters. The molecule has 0 aliphatic carbocycles. The highest BCUT2D eigenvalue weighted by molar-refractivity contribution is 7.11. The fourth-order valence-corrected chi connectivity index (χ4v) is 4.19. The average molecular weight is 295 g/mol. The Labute approximate surface area is 127 Å². The second-order valence-corrected chi connectivity index (χ2v) is 7.50. The molecule has 4 heteroatoms. The highest BCUT2D eigenvalue weighted by Gasteiger charge is 2.25. The van der Waals surface area contributed by atoms with E-state index in [1.165, 1.54) is 35.7 Å². The monoisotopic (exact) mass is 295 g/mol.